The highest BCUT2D eigenvalue weighted by atomic mass is 35.5. The zero-order valence-corrected chi connectivity index (χ0v) is 73.6. The Hall–Kier alpha value is -11.8. The van der Waals surface area contributed by atoms with Gasteiger partial charge in [0.05, 0.1) is 44.9 Å². The van der Waals surface area contributed by atoms with Crippen LogP contribution >= 0.6 is 23.2 Å². The first-order valence-corrected chi connectivity index (χ1v) is 41.7. The summed E-state index contributed by atoms with van der Waals surface area (Å²) >= 11 is 12.7. The minimum Gasteiger partial charge on any atom is -0.445 e. The molecule has 0 saturated carbocycles. The van der Waals surface area contributed by atoms with Gasteiger partial charge in [-0.1, -0.05) is 111 Å². The molecule has 123 heavy (non-hydrogen) atoms. The number of halogens is 4. The van der Waals surface area contributed by atoms with Crippen molar-refractivity contribution in [2.45, 2.75) is 228 Å². The van der Waals surface area contributed by atoms with Crippen molar-refractivity contribution >= 4 is 81.4 Å². The lowest BCUT2D eigenvalue weighted by Gasteiger charge is -2.34. The number of imidazole rings is 1. The van der Waals surface area contributed by atoms with Crippen LogP contribution in [0, 0.1) is 11.6 Å². The molecule has 9 N–H and O–H groups in total. The molecule has 0 aliphatic rings. The summed E-state index contributed by atoms with van der Waals surface area (Å²) in [7, 11) is 0. The van der Waals surface area contributed by atoms with Crippen molar-refractivity contribution in [2.75, 3.05) is 19.6 Å². The second-order valence-corrected chi connectivity index (χ2v) is 33.7. The van der Waals surface area contributed by atoms with E-state index >= 15 is 8.78 Å². The number of nitrogens with one attached hydrogen (secondary N) is 3. The van der Waals surface area contributed by atoms with Gasteiger partial charge in [-0.2, -0.15) is 15.0 Å². The van der Waals surface area contributed by atoms with Crippen molar-refractivity contribution in [2.24, 2.45) is 27.2 Å². The van der Waals surface area contributed by atoms with E-state index in [0.717, 1.165) is 53.5 Å². The Morgan fingerprint density at radius 1 is 0.634 bits per heavy atom. The number of amides is 4. The minimum atomic E-state index is -0.697. The standard InChI is InChI=1S/C45H53ClFN5O5.C37H48ClFN8O3.C10H15N3O2.CH4/c1-7-9-19-39(51(24-10-8-2)44(55)57-45(4,5)6)33-20-22-35(23-21-33)52-28-34-27-38(49-41(34)50-42(52)53)36-25-32(26-37(46)40(36)47)18-14-15-30(3)48-43(54)56-29-31-16-12-11-13-17-31;1-6-7-12-31(46(18-9-17-43-34(41)42)36(49)50-37(3,4)5)25-13-15-27(16-14-25)47-22-26-21-30(44-33(26)45-35(47)48)28-19-24(11-8-10-23(2)40)20-29(38)32(28)39;1-8(13-6-5-11-7-13)12-9(14)15-10(2,3)4;/h7,11-13,16-17,20-23,25-28,30,39H,1,8-10,14-15,18-19,24,29H2,2-6H3,(H,48,54)(H,49,50,53);6,13-16,19-23,31H,1,7-12,17-18,40H2,2-5H3,(H4,41,42,43)(H,44,45,48);5-7H,1-4H3;1H4/t30-,39-;23-,31-;;/m00../s1. The largest absolute Gasteiger partial charge is 0.445 e. The maximum Gasteiger partial charge on any atom is 0.435 e. The molecule has 30 heteroatoms. The number of allylic oxidation sites excluding steroid dienone is 2. The van der Waals surface area contributed by atoms with Gasteiger partial charge in [-0.25, -0.2) is 42.5 Å². The number of aliphatic imine (C=N–C) groups is 2. The number of guanidine groups is 1. The van der Waals surface area contributed by atoms with Gasteiger partial charge in [-0.15, -0.1) is 13.2 Å². The maximum absolute atomic E-state index is 15.5. The lowest BCUT2D eigenvalue weighted by atomic mass is 9.99. The normalized spacial score (nSPS) is 12.6. The molecule has 10 aromatic rings. The molecule has 4 atom stereocenters. The first kappa shape index (κ1) is 98.4. The zero-order chi connectivity index (χ0) is 89.2. The van der Waals surface area contributed by atoms with E-state index in [0.29, 0.717) is 134 Å². The molecule has 0 fully saturated rings. The van der Waals surface area contributed by atoms with Crippen LogP contribution in [0.3, 0.4) is 0 Å². The van der Waals surface area contributed by atoms with Crippen molar-refractivity contribution < 1.29 is 46.9 Å². The Morgan fingerprint density at radius 2 is 1.10 bits per heavy atom. The molecule has 0 aliphatic carbocycles. The Labute approximate surface area is 729 Å². The predicted octanol–water partition coefficient (Wildman–Crippen LogP) is 20.3. The molecule has 5 aromatic heterocycles. The van der Waals surface area contributed by atoms with Gasteiger partial charge < -0.3 is 61.2 Å². The molecule has 10 rings (SSSR count). The van der Waals surface area contributed by atoms with Gasteiger partial charge in [0, 0.05) is 78.4 Å². The van der Waals surface area contributed by atoms with Crippen molar-refractivity contribution in [1.29, 1.82) is 0 Å². The Kier molecular flexibility index (Phi) is 36.7. The molecular weight excluding hydrogens is 1610 g/mol. The second kappa shape index (κ2) is 45.9. The van der Waals surface area contributed by atoms with Crippen LogP contribution in [0.15, 0.2) is 191 Å². The highest BCUT2D eigenvalue weighted by Crippen LogP contribution is 2.36. The lowest BCUT2D eigenvalue weighted by molar-refractivity contribution is 0.0136. The van der Waals surface area contributed by atoms with Crippen molar-refractivity contribution in [3.05, 3.63) is 242 Å². The molecule has 4 amide bonds. The molecule has 5 aromatic carbocycles. The van der Waals surface area contributed by atoms with E-state index < -0.39 is 58.1 Å². The molecule has 0 bridgehead atoms. The first-order valence-electron chi connectivity index (χ1n) is 41.0. The van der Waals surface area contributed by atoms with Crippen LogP contribution in [0.4, 0.5) is 28.0 Å². The number of nitrogens with two attached hydrogens (primary N) is 3. The van der Waals surface area contributed by atoms with E-state index in [1.165, 1.54) is 9.13 Å². The Balaban J connectivity index is 0.000000289. The average Bonchev–Trinajstić information content (AvgIpc) is 1.65. The average molecular weight is 1730 g/mol. The maximum atomic E-state index is 15.5. The number of carbonyl (C=O) groups is 4. The molecule has 0 radical (unpaired) electrons. The number of aryl methyl sites for hydroxylation is 2. The van der Waals surface area contributed by atoms with E-state index in [1.54, 1.807) is 128 Å². The summed E-state index contributed by atoms with van der Waals surface area (Å²) in [5.41, 5.74) is 21.6. The van der Waals surface area contributed by atoms with Crippen LogP contribution < -0.4 is 33.9 Å². The molecule has 26 nitrogen and oxygen atoms in total. The third kappa shape index (κ3) is 30.4. The number of nitrogens with zero attached hydrogens (tertiary/aromatic N) is 10. The smallest absolute Gasteiger partial charge is 0.435 e. The van der Waals surface area contributed by atoms with Crippen molar-refractivity contribution in [1.82, 2.24) is 53.7 Å². The number of carbonyl (C=O) groups excluding carboxylic acids is 4. The molecule has 0 saturated heterocycles. The number of aromatic nitrogens is 8. The number of alkyl carbamates (subject to hydrolysis) is 1. The fourth-order valence-corrected chi connectivity index (χ4v) is 13.7. The van der Waals surface area contributed by atoms with Crippen LogP contribution in [0.2, 0.25) is 10.0 Å². The lowest BCUT2D eigenvalue weighted by Crippen LogP contribution is -2.40. The zero-order valence-electron chi connectivity index (χ0n) is 72.1. The fraction of sp³-hybridized carbons (Fsp3) is 0.409. The summed E-state index contributed by atoms with van der Waals surface area (Å²) in [5, 5.41) is 4.08. The van der Waals surface area contributed by atoms with E-state index in [-0.39, 0.29) is 65.9 Å². The monoisotopic (exact) mass is 1730 g/mol. The van der Waals surface area contributed by atoms with Gasteiger partial charge in [0.15, 0.2) is 17.6 Å². The van der Waals surface area contributed by atoms with E-state index in [9.17, 15) is 28.8 Å². The Bertz CT molecular complexity index is 5350. The highest BCUT2D eigenvalue weighted by Gasteiger charge is 2.32. The molecule has 5 heterocycles. The molecule has 0 unspecified atom stereocenters. The van der Waals surface area contributed by atoms with Gasteiger partial charge in [-0.3, -0.25) is 18.7 Å². The number of ether oxygens (including phenoxy) is 4. The number of rotatable bonds is 32. The Morgan fingerprint density at radius 3 is 1.52 bits per heavy atom. The topological polar surface area (TPSA) is 346 Å². The number of unbranched alkanes of at least 4 members (excludes halogenated alkanes) is 1. The van der Waals surface area contributed by atoms with Crippen LogP contribution in [0.25, 0.3) is 56.0 Å². The van der Waals surface area contributed by atoms with Crippen LogP contribution in [-0.2, 0) is 38.4 Å². The fourth-order valence-electron chi connectivity index (χ4n) is 13.3. The summed E-state index contributed by atoms with van der Waals surface area (Å²) in [6, 6.07) is 33.9. The summed E-state index contributed by atoms with van der Waals surface area (Å²) in [5.74, 6) is -0.621. The summed E-state index contributed by atoms with van der Waals surface area (Å²) < 4.78 is 57.2. The number of H-pyrrole nitrogens is 2. The SMILES string of the molecule is C.C=CCC[C@@H](c1ccc(-n2cc3cc(-c4cc(CCC[C@H](C)N)cc(Cl)c4F)[nH]c3nc2=O)cc1)N(CCCN=C(N)N)C(=O)OC(C)(C)C.C=CCC[C@@H](c1ccc(-n2cc3cc(-c4cc(CCC[C@H](C)NC(=O)OCc5ccccc5)cc(Cl)c4F)[nH]c3nc2=O)cc1)N(CCCC)C(=O)OC(C)(C)C.CC(=NC(=O)OC(C)(C)C)n1ccnc1. The first-order chi connectivity index (χ1) is 57.8. The van der Waals surface area contributed by atoms with Gasteiger partial charge in [0.1, 0.15) is 46.9 Å². The van der Waals surface area contributed by atoms with E-state index in [4.69, 9.17) is 59.4 Å². The third-order valence-corrected chi connectivity index (χ3v) is 19.7. The van der Waals surface area contributed by atoms with Gasteiger partial charge in [-0.05, 0) is 249 Å². The van der Waals surface area contributed by atoms with Gasteiger partial charge in [0.2, 0.25) is 0 Å². The number of hydrogen-bond donors (Lipinski definition) is 6. The number of benzene rings is 5. The number of aromatic amines is 2. The van der Waals surface area contributed by atoms with E-state index in [1.807, 2.05) is 128 Å². The number of hydrogen-bond acceptors (Lipinski definition) is 15. The molecule has 660 valence electrons. The van der Waals surface area contributed by atoms with Crippen LogP contribution in [-0.4, -0.2) is 133 Å². The molecule has 0 aliphatic heterocycles. The minimum absolute atomic E-state index is 0. The summed E-state index contributed by atoms with van der Waals surface area (Å²) in [4.78, 5) is 107. The highest BCUT2D eigenvalue weighted by molar-refractivity contribution is 6.31. The molecular formula is C93H120Cl2F2N16O10. The molecule has 0 spiro atoms. The van der Waals surface area contributed by atoms with Crippen LogP contribution in [0.5, 0.6) is 0 Å². The summed E-state index contributed by atoms with van der Waals surface area (Å²) in [6.07, 6.45) is 19.2. The van der Waals surface area contributed by atoms with Crippen molar-refractivity contribution in [3.8, 4) is 33.9 Å². The quantitative estimate of drug-likeness (QED) is 0.00750. The second-order valence-electron chi connectivity index (χ2n) is 32.9. The van der Waals surface area contributed by atoms with Gasteiger partial charge in [0.25, 0.3) is 0 Å². The predicted molar refractivity (Wildman–Crippen MR) is 487 cm³/mol. The number of fused-ring (bicyclic) bond motifs is 2. The van der Waals surface area contributed by atoms with Crippen molar-refractivity contribution in [3.63, 3.8) is 0 Å². The van der Waals surface area contributed by atoms with Gasteiger partial charge >= 0.3 is 35.8 Å². The summed E-state index contributed by atoms with van der Waals surface area (Å²) in [6.45, 7) is 33.3. The van der Waals surface area contributed by atoms with E-state index in [2.05, 4.69) is 60.3 Å². The van der Waals surface area contributed by atoms with Crippen LogP contribution in [0.1, 0.15) is 208 Å². The third-order valence-electron chi connectivity index (χ3n) is 19.1.